The van der Waals surface area contributed by atoms with Crippen molar-refractivity contribution in [2.75, 3.05) is 5.32 Å². The second kappa shape index (κ2) is 5.96. The van der Waals surface area contributed by atoms with Crippen LogP contribution in [0.3, 0.4) is 0 Å². The molecule has 0 fully saturated rings. The van der Waals surface area contributed by atoms with Crippen LogP contribution in [-0.2, 0) is 4.79 Å². The van der Waals surface area contributed by atoms with Gasteiger partial charge >= 0.3 is 0 Å². The van der Waals surface area contributed by atoms with Crippen molar-refractivity contribution >= 4 is 27.7 Å². The fourth-order valence-corrected chi connectivity index (χ4v) is 1.66. The van der Waals surface area contributed by atoms with Crippen LogP contribution in [-0.4, -0.2) is 16.9 Å². The summed E-state index contributed by atoms with van der Waals surface area (Å²) in [5.74, 6) is 0.702. The molecule has 0 radical (unpaired) electrons. The number of pyridine rings is 1. The molecule has 0 unspecified atom stereocenters. The van der Waals surface area contributed by atoms with E-state index >= 15 is 0 Å². The molecule has 0 aliphatic carbocycles. The van der Waals surface area contributed by atoms with Crippen molar-refractivity contribution in [2.45, 2.75) is 26.3 Å². The predicted octanol–water partition coefficient (Wildman–Crippen LogP) is 2.16. The summed E-state index contributed by atoms with van der Waals surface area (Å²) in [6.45, 7) is 4.06. The number of anilines is 1. The number of carbonyl (C=O) groups excluding carboxylic acids is 1. The Morgan fingerprint density at radius 3 is 2.88 bits per heavy atom. The Bertz CT molecular complexity index is 368. The van der Waals surface area contributed by atoms with Crippen LogP contribution in [0.5, 0.6) is 0 Å². The fraction of sp³-hybridized carbons (Fsp3) is 0.455. The molecular weight excluding hydrogens is 270 g/mol. The molecule has 1 aromatic heterocycles. The van der Waals surface area contributed by atoms with Gasteiger partial charge in [-0.1, -0.05) is 13.8 Å². The first-order valence-electron chi connectivity index (χ1n) is 5.17. The number of amides is 1. The van der Waals surface area contributed by atoms with Crippen molar-refractivity contribution in [1.82, 2.24) is 4.98 Å². The third-order valence-corrected chi connectivity index (χ3v) is 2.70. The highest BCUT2D eigenvalue weighted by Crippen LogP contribution is 2.18. The lowest BCUT2D eigenvalue weighted by molar-refractivity contribution is -0.117. The summed E-state index contributed by atoms with van der Waals surface area (Å²) in [6, 6.07) is 3.11. The second-order valence-electron chi connectivity index (χ2n) is 4.06. The number of carbonyl (C=O) groups is 1. The second-order valence-corrected chi connectivity index (χ2v) is 4.91. The molecule has 0 saturated carbocycles. The van der Waals surface area contributed by atoms with Crippen LogP contribution in [0.15, 0.2) is 22.8 Å². The Balaban J connectivity index is 2.61. The number of hydrogen-bond acceptors (Lipinski definition) is 3. The average Bonchev–Trinajstić information content (AvgIpc) is 2.20. The van der Waals surface area contributed by atoms with Gasteiger partial charge in [-0.15, -0.1) is 0 Å². The van der Waals surface area contributed by atoms with Crippen LogP contribution in [0, 0.1) is 5.92 Å². The standard InChI is InChI=1S/C11H16BrN3O/c1-7(2)6-9(13)11(16)15-10-8(12)4-3-5-14-10/h3-5,7,9H,6,13H2,1-2H3,(H,14,15,16)/t9-/m0/s1. The predicted molar refractivity (Wildman–Crippen MR) is 68.0 cm³/mol. The molecule has 0 aromatic carbocycles. The van der Waals surface area contributed by atoms with Gasteiger partial charge in [0.25, 0.3) is 0 Å². The van der Waals surface area contributed by atoms with E-state index in [1.54, 1.807) is 12.3 Å². The zero-order valence-corrected chi connectivity index (χ0v) is 11.0. The number of aromatic nitrogens is 1. The van der Waals surface area contributed by atoms with Crippen molar-refractivity contribution in [2.24, 2.45) is 11.7 Å². The summed E-state index contributed by atoms with van der Waals surface area (Å²) in [5, 5.41) is 2.69. The number of nitrogens with one attached hydrogen (secondary N) is 1. The van der Waals surface area contributed by atoms with Crippen molar-refractivity contribution in [3.8, 4) is 0 Å². The molecule has 1 heterocycles. The third-order valence-electron chi connectivity index (χ3n) is 2.06. The summed E-state index contributed by atoms with van der Waals surface area (Å²) in [4.78, 5) is 15.7. The molecule has 1 atom stereocenters. The molecule has 0 aliphatic heterocycles. The van der Waals surface area contributed by atoms with Gasteiger partial charge in [-0.05, 0) is 40.4 Å². The Hall–Kier alpha value is -0.940. The summed E-state index contributed by atoms with van der Waals surface area (Å²) in [7, 11) is 0. The average molecular weight is 286 g/mol. The minimum atomic E-state index is -0.492. The molecule has 88 valence electrons. The monoisotopic (exact) mass is 285 g/mol. The first kappa shape index (κ1) is 13.1. The van der Waals surface area contributed by atoms with E-state index in [0.717, 1.165) is 4.47 Å². The van der Waals surface area contributed by atoms with Gasteiger partial charge in [-0.25, -0.2) is 4.98 Å². The molecule has 0 bridgehead atoms. The summed E-state index contributed by atoms with van der Waals surface area (Å²) < 4.78 is 0.750. The molecule has 3 N–H and O–H groups in total. The largest absolute Gasteiger partial charge is 0.320 e. The van der Waals surface area contributed by atoms with E-state index in [0.29, 0.717) is 18.2 Å². The summed E-state index contributed by atoms with van der Waals surface area (Å²) in [5.41, 5.74) is 5.76. The molecule has 1 rings (SSSR count). The maximum absolute atomic E-state index is 11.7. The van der Waals surface area contributed by atoms with E-state index in [1.807, 2.05) is 19.9 Å². The molecule has 16 heavy (non-hydrogen) atoms. The van der Waals surface area contributed by atoms with Crippen molar-refractivity contribution in [1.29, 1.82) is 0 Å². The Labute approximate surface area is 104 Å². The third kappa shape index (κ3) is 3.90. The van der Waals surface area contributed by atoms with Crippen molar-refractivity contribution < 1.29 is 4.79 Å². The topological polar surface area (TPSA) is 68.0 Å². The van der Waals surface area contributed by atoms with E-state index in [1.165, 1.54) is 0 Å². The lowest BCUT2D eigenvalue weighted by atomic mass is 10.0. The molecule has 0 aliphatic rings. The van der Waals surface area contributed by atoms with E-state index in [-0.39, 0.29) is 5.91 Å². The summed E-state index contributed by atoms with van der Waals surface area (Å²) >= 11 is 3.31. The molecule has 4 nitrogen and oxygen atoms in total. The van der Waals surface area contributed by atoms with E-state index < -0.39 is 6.04 Å². The molecule has 5 heteroatoms. The highest BCUT2D eigenvalue weighted by Gasteiger charge is 2.16. The van der Waals surface area contributed by atoms with Crippen LogP contribution < -0.4 is 11.1 Å². The highest BCUT2D eigenvalue weighted by molar-refractivity contribution is 9.10. The lowest BCUT2D eigenvalue weighted by Crippen LogP contribution is -2.36. The van der Waals surface area contributed by atoms with Gasteiger partial charge in [0.15, 0.2) is 0 Å². The molecule has 1 amide bonds. The minimum absolute atomic E-state index is 0.201. The first-order chi connectivity index (χ1) is 7.50. The zero-order chi connectivity index (χ0) is 12.1. The van der Waals surface area contributed by atoms with Gasteiger partial charge in [0.05, 0.1) is 10.5 Å². The number of hydrogen-bond donors (Lipinski definition) is 2. The quantitative estimate of drug-likeness (QED) is 0.891. The van der Waals surface area contributed by atoms with E-state index in [4.69, 9.17) is 5.73 Å². The maximum atomic E-state index is 11.7. The molecule has 0 saturated heterocycles. The van der Waals surface area contributed by atoms with Crippen molar-refractivity contribution in [3.63, 3.8) is 0 Å². The lowest BCUT2D eigenvalue weighted by Gasteiger charge is -2.14. The number of rotatable bonds is 4. The van der Waals surface area contributed by atoms with Crippen LogP contribution in [0.4, 0.5) is 5.82 Å². The highest BCUT2D eigenvalue weighted by atomic mass is 79.9. The van der Waals surface area contributed by atoms with Gasteiger partial charge in [-0.2, -0.15) is 0 Å². The minimum Gasteiger partial charge on any atom is -0.320 e. The number of nitrogens with zero attached hydrogens (tertiary/aromatic N) is 1. The van der Waals surface area contributed by atoms with Crippen LogP contribution in [0.25, 0.3) is 0 Å². The normalized spacial score (nSPS) is 12.6. The van der Waals surface area contributed by atoms with E-state index in [2.05, 4.69) is 26.2 Å². The van der Waals surface area contributed by atoms with Crippen LogP contribution in [0.1, 0.15) is 20.3 Å². The number of halogens is 1. The fourth-order valence-electron chi connectivity index (χ4n) is 1.30. The molecular formula is C11H16BrN3O. The summed E-state index contributed by atoms with van der Waals surface area (Å²) in [6.07, 6.45) is 2.28. The Morgan fingerprint density at radius 2 is 2.31 bits per heavy atom. The van der Waals surface area contributed by atoms with Gasteiger partial charge in [0.2, 0.25) is 5.91 Å². The Kier molecular flexibility index (Phi) is 4.89. The van der Waals surface area contributed by atoms with Crippen LogP contribution in [0.2, 0.25) is 0 Å². The maximum Gasteiger partial charge on any atom is 0.242 e. The molecule has 1 aromatic rings. The molecule has 0 spiro atoms. The number of nitrogens with two attached hydrogens (primary N) is 1. The Morgan fingerprint density at radius 1 is 1.62 bits per heavy atom. The van der Waals surface area contributed by atoms with Gasteiger partial charge in [-0.3, -0.25) is 4.79 Å². The first-order valence-corrected chi connectivity index (χ1v) is 5.97. The van der Waals surface area contributed by atoms with Crippen molar-refractivity contribution in [3.05, 3.63) is 22.8 Å². The smallest absolute Gasteiger partial charge is 0.242 e. The zero-order valence-electron chi connectivity index (χ0n) is 9.40. The van der Waals surface area contributed by atoms with Gasteiger partial charge in [0, 0.05) is 6.20 Å². The van der Waals surface area contributed by atoms with E-state index in [9.17, 15) is 4.79 Å². The van der Waals surface area contributed by atoms with Gasteiger partial charge in [0.1, 0.15) is 5.82 Å². The SMILES string of the molecule is CC(C)C[C@H](N)C(=O)Nc1ncccc1Br. The van der Waals surface area contributed by atoms with Gasteiger partial charge < -0.3 is 11.1 Å². The van der Waals surface area contributed by atoms with Crippen LogP contribution >= 0.6 is 15.9 Å².